The second-order valence-electron chi connectivity index (χ2n) is 5.55. The Balaban J connectivity index is 2.29. The van der Waals surface area contributed by atoms with Crippen molar-refractivity contribution in [2.75, 3.05) is 33.0 Å². The fourth-order valence-electron chi connectivity index (χ4n) is 1.98. The van der Waals surface area contributed by atoms with Gasteiger partial charge in [0, 0.05) is 19.8 Å². The van der Waals surface area contributed by atoms with E-state index in [-0.39, 0.29) is 0 Å². The number of hydrogen-bond acceptors (Lipinski definition) is 4. The maximum Gasteiger partial charge on any atom is 0.364 e. The van der Waals surface area contributed by atoms with Crippen LogP contribution in [0.4, 0.5) is 0 Å². The summed E-state index contributed by atoms with van der Waals surface area (Å²) in [7, 11) is -2.25. The van der Waals surface area contributed by atoms with Crippen LogP contribution in [0.3, 0.4) is 0 Å². The van der Waals surface area contributed by atoms with E-state index in [2.05, 4.69) is 20.4 Å². The molecule has 0 aromatic heterocycles. The van der Waals surface area contributed by atoms with Crippen LogP contribution >= 0.6 is 0 Å². The Morgan fingerprint density at radius 2 is 1.71 bits per heavy atom. The van der Waals surface area contributed by atoms with Gasteiger partial charge >= 0.3 is 8.56 Å². The molecule has 1 saturated heterocycles. The summed E-state index contributed by atoms with van der Waals surface area (Å²) >= 11 is 0. The van der Waals surface area contributed by atoms with Gasteiger partial charge in [-0.25, -0.2) is 0 Å². The highest BCUT2D eigenvalue weighted by Gasteiger charge is 2.33. The van der Waals surface area contributed by atoms with Crippen LogP contribution in [-0.4, -0.2) is 47.7 Å². The number of ether oxygens (including phenoxy) is 2. The summed E-state index contributed by atoms with van der Waals surface area (Å²) in [5.74, 6) is 0. The first-order valence-electron chi connectivity index (χ1n) is 8.37. The molecule has 124 valence electrons. The zero-order valence-electron chi connectivity index (χ0n) is 13.8. The molecule has 1 heterocycles. The number of epoxide rings is 1. The molecule has 0 aliphatic carbocycles. The molecule has 1 unspecified atom stereocenters. The molecule has 0 aromatic carbocycles. The number of rotatable bonds is 15. The Hall–Kier alpha value is -0.203. The monoisotopic (exact) mass is 316 g/mol. The lowest BCUT2D eigenvalue weighted by Gasteiger charge is -2.28. The first-order chi connectivity index (χ1) is 10.3. The van der Waals surface area contributed by atoms with Gasteiger partial charge in [-0.1, -0.05) is 26.7 Å². The van der Waals surface area contributed by atoms with Crippen molar-refractivity contribution in [3.63, 3.8) is 0 Å². The maximum atomic E-state index is 6.12. The summed E-state index contributed by atoms with van der Waals surface area (Å²) < 4.78 is 23.0. The van der Waals surface area contributed by atoms with E-state index in [4.69, 9.17) is 18.3 Å². The first-order valence-corrected chi connectivity index (χ1v) is 10.5. The van der Waals surface area contributed by atoms with Gasteiger partial charge in [-0.3, -0.25) is 0 Å². The van der Waals surface area contributed by atoms with Crippen molar-refractivity contribution in [3.8, 4) is 0 Å². The molecular formula is C16H32O4Si. The normalized spacial score (nSPS) is 17.9. The second kappa shape index (κ2) is 11.4. The van der Waals surface area contributed by atoms with Gasteiger partial charge in [-0.05, 0) is 31.0 Å². The fraction of sp³-hybridized carbons (Fsp3) is 0.875. The van der Waals surface area contributed by atoms with Crippen LogP contribution in [0.1, 0.15) is 46.0 Å². The Kier molecular flexibility index (Phi) is 10.2. The number of hydrogen-bond donors (Lipinski definition) is 0. The quantitative estimate of drug-likeness (QED) is 0.263. The van der Waals surface area contributed by atoms with Crippen LogP contribution in [-0.2, 0) is 18.3 Å². The first kappa shape index (κ1) is 18.8. The fourth-order valence-corrected chi connectivity index (χ4v) is 4.41. The lowest BCUT2D eigenvalue weighted by molar-refractivity contribution is 0.112. The van der Waals surface area contributed by atoms with Gasteiger partial charge in [0.15, 0.2) is 0 Å². The van der Waals surface area contributed by atoms with Crippen LogP contribution in [0.2, 0.25) is 6.04 Å². The summed E-state index contributed by atoms with van der Waals surface area (Å²) in [6.07, 6.45) is 5.74. The summed E-state index contributed by atoms with van der Waals surface area (Å²) in [5.41, 5.74) is 1.95. The Bertz CT molecular complexity index is 259. The average Bonchev–Trinajstić information content (AvgIpc) is 3.31. The largest absolute Gasteiger partial charge is 0.391 e. The molecule has 0 aromatic rings. The van der Waals surface area contributed by atoms with Gasteiger partial charge < -0.3 is 18.3 Å². The summed E-state index contributed by atoms with van der Waals surface area (Å²) in [6, 6.07) is 0.926. The SMILES string of the molecule is C=C[Si](CCCOCC1CO1)(OCCCC)OCCCC. The van der Waals surface area contributed by atoms with Crippen LogP contribution < -0.4 is 0 Å². The van der Waals surface area contributed by atoms with Gasteiger partial charge in [0.25, 0.3) is 0 Å². The van der Waals surface area contributed by atoms with E-state index >= 15 is 0 Å². The third-order valence-electron chi connectivity index (χ3n) is 3.52. The lowest BCUT2D eigenvalue weighted by atomic mass is 10.4. The molecule has 0 bridgehead atoms. The van der Waals surface area contributed by atoms with Gasteiger partial charge in [0.1, 0.15) is 6.10 Å². The molecule has 0 N–H and O–H groups in total. The molecule has 1 aliphatic heterocycles. The van der Waals surface area contributed by atoms with Crippen molar-refractivity contribution in [2.45, 2.75) is 58.1 Å². The van der Waals surface area contributed by atoms with E-state index in [1.807, 2.05) is 5.70 Å². The Morgan fingerprint density at radius 3 is 2.19 bits per heavy atom. The van der Waals surface area contributed by atoms with Gasteiger partial charge in [0.05, 0.1) is 13.2 Å². The van der Waals surface area contributed by atoms with E-state index in [9.17, 15) is 0 Å². The number of unbranched alkanes of at least 4 members (excludes halogenated alkanes) is 2. The Morgan fingerprint density at radius 1 is 1.10 bits per heavy atom. The maximum absolute atomic E-state index is 6.12. The molecule has 21 heavy (non-hydrogen) atoms. The zero-order valence-corrected chi connectivity index (χ0v) is 14.8. The predicted octanol–water partition coefficient (Wildman–Crippen LogP) is 3.59. The minimum absolute atomic E-state index is 0.341. The van der Waals surface area contributed by atoms with Crippen molar-refractivity contribution in [3.05, 3.63) is 12.3 Å². The minimum Gasteiger partial charge on any atom is -0.391 e. The van der Waals surface area contributed by atoms with Gasteiger partial charge in [0.2, 0.25) is 0 Å². The highest BCUT2D eigenvalue weighted by Crippen LogP contribution is 2.19. The van der Waals surface area contributed by atoms with Crippen molar-refractivity contribution in [1.82, 2.24) is 0 Å². The smallest absolute Gasteiger partial charge is 0.364 e. The molecule has 0 saturated carbocycles. The molecule has 1 fully saturated rings. The molecular weight excluding hydrogens is 284 g/mol. The van der Waals surface area contributed by atoms with Gasteiger partial charge in [-0.15, -0.1) is 6.58 Å². The molecule has 1 rings (SSSR count). The topological polar surface area (TPSA) is 40.2 Å². The zero-order chi connectivity index (χ0) is 15.4. The van der Waals surface area contributed by atoms with Crippen molar-refractivity contribution in [2.24, 2.45) is 0 Å². The van der Waals surface area contributed by atoms with Crippen LogP contribution in [0, 0.1) is 0 Å². The van der Waals surface area contributed by atoms with Crippen LogP contribution in [0.15, 0.2) is 12.3 Å². The van der Waals surface area contributed by atoms with E-state index in [0.717, 1.165) is 71.2 Å². The van der Waals surface area contributed by atoms with E-state index < -0.39 is 8.56 Å². The standard InChI is InChI=1S/C16H32O4Si/c1-4-7-11-19-21(6-3,20-12-8-5-2)13-9-10-17-14-16-15-18-16/h6,16H,3-5,7-15H2,1-2H3. The molecule has 0 spiro atoms. The van der Waals surface area contributed by atoms with E-state index in [0.29, 0.717) is 6.10 Å². The summed E-state index contributed by atoms with van der Waals surface area (Å²) in [5, 5.41) is 0. The molecule has 1 aliphatic rings. The minimum atomic E-state index is -2.25. The third-order valence-corrected chi connectivity index (χ3v) is 6.58. The molecule has 1 atom stereocenters. The van der Waals surface area contributed by atoms with Gasteiger partial charge in [-0.2, -0.15) is 0 Å². The van der Waals surface area contributed by atoms with E-state index in [1.54, 1.807) is 0 Å². The van der Waals surface area contributed by atoms with Crippen molar-refractivity contribution < 1.29 is 18.3 Å². The molecule has 4 nitrogen and oxygen atoms in total. The van der Waals surface area contributed by atoms with Crippen LogP contribution in [0.5, 0.6) is 0 Å². The van der Waals surface area contributed by atoms with Crippen LogP contribution in [0.25, 0.3) is 0 Å². The lowest BCUT2D eigenvalue weighted by Crippen LogP contribution is -2.41. The summed E-state index contributed by atoms with van der Waals surface area (Å²) in [6.45, 7) is 12.2. The van der Waals surface area contributed by atoms with E-state index in [1.165, 1.54) is 0 Å². The predicted molar refractivity (Wildman–Crippen MR) is 87.7 cm³/mol. The molecule has 5 heteroatoms. The molecule has 0 amide bonds. The average molecular weight is 317 g/mol. The highest BCUT2D eigenvalue weighted by atomic mass is 28.4. The Labute approximate surface area is 131 Å². The van der Waals surface area contributed by atoms with Crippen molar-refractivity contribution in [1.29, 1.82) is 0 Å². The van der Waals surface area contributed by atoms with Crippen molar-refractivity contribution >= 4 is 8.56 Å². The second-order valence-corrected chi connectivity index (χ2v) is 8.66. The highest BCUT2D eigenvalue weighted by molar-refractivity contribution is 6.72. The third kappa shape index (κ3) is 8.73. The molecule has 0 radical (unpaired) electrons. The summed E-state index contributed by atoms with van der Waals surface area (Å²) in [4.78, 5) is 0.